The molecule has 1 heterocycles. The van der Waals surface area contributed by atoms with Gasteiger partial charge in [-0.05, 0) is 30.9 Å². The van der Waals surface area contributed by atoms with Gasteiger partial charge in [0.2, 0.25) is 0 Å². The molecule has 15 heavy (non-hydrogen) atoms. The normalized spacial score (nSPS) is 15.6. The minimum absolute atomic E-state index is 0.291. The Morgan fingerprint density at radius 2 is 2.20 bits per heavy atom. The van der Waals surface area contributed by atoms with Gasteiger partial charge in [-0.25, -0.2) is 8.78 Å². The number of ether oxygens (including phenoxy) is 1. The van der Waals surface area contributed by atoms with Crippen LogP contribution in [-0.4, -0.2) is 19.1 Å². The van der Waals surface area contributed by atoms with Crippen molar-refractivity contribution in [2.24, 2.45) is 5.73 Å². The Morgan fingerprint density at radius 3 is 2.60 bits per heavy atom. The minimum atomic E-state index is -2.45. The number of halogens is 2. The highest BCUT2D eigenvalue weighted by Crippen LogP contribution is 2.28. The molecule has 1 aromatic heterocycles. The Labute approximate surface area is 92.0 Å². The van der Waals surface area contributed by atoms with E-state index in [0.29, 0.717) is 0 Å². The number of nitrogens with two attached hydrogens (primary N) is 1. The number of hydrogen-bond acceptors (Lipinski definition) is 3. The van der Waals surface area contributed by atoms with Crippen molar-refractivity contribution in [3.63, 3.8) is 0 Å². The highest BCUT2D eigenvalue weighted by molar-refractivity contribution is 7.10. The monoisotopic (exact) mass is 235 g/mol. The average Bonchev–Trinajstić information content (AvgIpc) is 2.51. The van der Waals surface area contributed by atoms with E-state index in [9.17, 15) is 8.78 Å². The Morgan fingerprint density at radius 1 is 1.53 bits per heavy atom. The van der Waals surface area contributed by atoms with E-state index >= 15 is 0 Å². The fourth-order valence-electron chi connectivity index (χ4n) is 1.32. The maximum atomic E-state index is 12.0. The summed E-state index contributed by atoms with van der Waals surface area (Å²) >= 11 is 1.49. The molecule has 2 N–H and O–H groups in total. The molecule has 0 aromatic carbocycles. The maximum Gasteiger partial charge on any atom is 0.261 e. The lowest BCUT2D eigenvalue weighted by molar-refractivity contribution is -0.0314. The molecule has 0 radical (unpaired) electrons. The zero-order valence-electron chi connectivity index (χ0n) is 8.74. The summed E-state index contributed by atoms with van der Waals surface area (Å²) in [5.74, 6) is 0. The number of rotatable bonds is 5. The summed E-state index contributed by atoms with van der Waals surface area (Å²) in [5.41, 5.74) is 6.76. The summed E-state index contributed by atoms with van der Waals surface area (Å²) in [7, 11) is 0. The van der Waals surface area contributed by atoms with E-state index < -0.39 is 19.1 Å². The largest absolute Gasteiger partial charge is 0.365 e. The first-order valence-corrected chi connectivity index (χ1v) is 5.59. The van der Waals surface area contributed by atoms with Gasteiger partial charge in [0.25, 0.3) is 6.43 Å². The fraction of sp³-hybridized carbons (Fsp3) is 0.600. The first kappa shape index (κ1) is 12.5. The Bertz CT molecular complexity index is 301. The van der Waals surface area contributed by atoms with Crippen molar-refractivity contribution < 1.29 is 13.5 Å². The van der Waals surface area contributed by atoms with Crippen LogP contribution in [0.25, 0.3) is 0 Å². The lowest BCUT2D eigenvalue weighted by Gasteiger charge is -2.21. The van der Waals surface area contributed by atoms with Crippen LogP contribution in [0, 0.1) is 6.92 Å². The van der Waals surface area contributed by atoms with Crippen molar-refractivity contribution in [1.82, 2.24) is 0 Å². The lowest BCUT2D eigenvalue weighted by atomic mass is 10.1. The molecule has 2 atom stereocenters. The zero-order valence-corrected chi connectivity index (χ0v) is 9.56. The van der Waals surface area contributed by atoms with Crippen molar-refractivity contribution in [3.8, 4) is 0 Å². The molecule has 0 saturated heterocycles. The number of thiophene rings is 1. The maximum absolute atomic E-state index is 12.0. The SMILES string of the molecule is Cc1ccsc1C(OCC(F)F)C(C)N. The lowest BCUT2D eigenvalue weighted by Crippen LogP contribution is -2.28. The van der Waals surface area contributed by atoms with Crippen LogP contribution in [0.2, 0.25) is 0 Å². The fourth-order valence-corrected chi connectivity index (χ4v) is 2.41. The molecule has 86 valence electrons. The molecule has 0 aliphatic carbocycles. The highest BCUT2D eigenvalue weighted by atomic mass is 32.1. The molecule has 0 bridgehead atoms. The third-order valence-corrected chi connectivity index (χ3v) is 3.12. The molecule has 0 fully saturated rings. The molecule has 0 amide bonds. The Balaban J connectivity index is 2.71. The predicted octanol–water partition coefficient (Wildman–Crippen LogP) is 2.73. The smallest absolute Gasteiger partial charge is 0.261 e. The first-order chi connectivity index (χ1) is 7.02. The van der Waals surface area contributed by atoms with Crippen molar-refractivity contribution >= 4 is 11.3 Å². The second kappa shape index (κ2) is 5.53. The van der Waals surface area contributed by atoms with Crippen molar-refractivity contribution in [1.29, 1.82) is 0 Å². The summed E-state index contributed by atoms with van der Waals surface area (Å²) in [4.78, 5) is 0.936. The summed E-state index contributed by atoms with van der Waals surface area (Å²) in [6.07, 6.45) is -2.88. The molecule has 1 rings (SSSR count). The molecule has 0 aliphatic rings. The average molecular weight is 235 g/mol. The van der Waals surface area contributed by atoms with Crippen LogP contribution in [-0.2, 0) is 4.74 Å². The van der Waals surface area contributed by atoms with Gasteiger partial charge in [0.05, 0.1) is 0 Å². The zero-order chi connectivity index (χ0) is 11.4. The molecule has 1 aromatic rings. The van der Waals surface area contributed by atoms with E-state index in [1.807, 2.05) is 18.4 Å². The van der Waals surface area contributed by atoms with Crippen molar-refractivity contribution in [3.05, 3.63) is 21.9 Å². The molecular weight excluding hydrogens is 220 g/mol. The van der Waals surface area contributed by atoms with Gasteiger partial charge < -0.3 is 10.5 Å². The second-order valence-corrected chi connectivity index (χ2v) is 4.42. The Kier molecular flexibility index (Phi) is 4.63. The van der Waals surface area contributed by atoms with Gasteiger partial charge in [-0.1, -0.05) is 0 Å². The van der Waals surface area contributed by atoms with Gasteiger partial charge in [-0.15, -0.1) is 11.3 Å². The van der Waals surface area contributed by atoms with Crippen LogP contribution >= 0.6 is 11.3 Å². The molecule has 5 heteroatoms. The van der Waals surface area contributed by atoms with E-state index in [2.05, 4.69) is 0 Å². The van der Waals surface area contributed by atoms with Crippen molar-refractivity contribution in [2.45, 2.75) is 32.4 Å². The predicted molar refractivity (Wildman–Crippen MR) is 57.4 cm³/mol. The van der Waals surface area contributed by atoms with E-state index in [1.54, 1.807) is 6.92 Å². The van der Waals surface area contributed by atoms with E-state index in [4.69, 9.17) is 10.5 Å². The number of alkyl halides is 2. The van der Waals surface area contributed by atoms with Gasteiger partial charge >= 0.3 is 0 Å². The van der Waals surface area contributed by atoms with E-state index in [-0.39, 0.29) is 6.04 Å². The summed E-state index contributed by atoms with van der Waals surface area (Å²) < 4.78 is 29.2. The molecular formula is C10H15F2NOS. The van der Waals surface area contributed by atoms with E-state index in [1.165, 1.54) is 11.3 Å². The highest BCUT2D eigenvalue weighted by Gasteiger charge is 2.21. The standard InChI is InChI=1S/C10H15F2NOS/c1-6-3-4-15-10(6)9(7(2)13)14-5-8(11)12/h3-4,7-9H,5,13H2,1-2H3. The number of aryl methyl sites for hydroxylation is 1. The van der Waals surface area contributed by atoms with Crippen LogP contribution < -0.4 is 5.73 Å². The molecule has 2 unspecified atom stereocenters. The van der Waals surface area contributed by atoms with Gasteiger partial charge in [-0.2, -0.15) is 0 Å². The number of hydrogen-bond donors (Lipinski definition) is 1. The summed E-state index contributed by atoms with van der Waals surface area (Å²) in [6, 6.07) is 1.64. The quantitative estimate of drug-likeness (QED) is 0.851. The van der Waals surface area contributed by atoms with Gasteiger partial charge in [0.1, 0.15) is 12.7 Å². The molecule has 2 nitrogen and oxygen atoms in total. The van der Waals surface area contributed by atoms with Gasteiger partial charge in [0, 0.05) is 10.9 Å². The Hall–Kier alpha value is -0.520. The summed E-state index contributed by atoms with van der Waals surface area (Å²) in [5, 5.41) is 1.91. The van der Waals surface area contributed by atoms with Gasteiger partial charge in [0.15, 0.2) is 0 Å². The van der Waals surface area contributed by atoms with Gasteiger partial charge in [-0.3, -0.25) is 0 Å². The summed E-state index contributed by atoms with van der Waals surface area (Å²) in [6.45, 7) is 3.12. The second-order valence-electron chi connectivity index (χ2n) is 3.47. The third-order valence-electron chi connectivity index (χ3n) is 2.04. The van der Waals surface area contributed by atoms with Crippen molar-refractivity contribution in [2.75, 3.05) is 6.61 Å². The third kappa shape index (κ3) is 3.52. The topological polar surface area (TPSA) is 35.2 Å². The van der Waals surface area contributed by atoms with Crippen LogP contribution in [0.15, 0.2) is 11.4 Å². The van der Waals surface area contributed by atoms with Crippen LogP contribution in [0.4, 0.5) is 8.78 Å². The molecule has 0 spiro atoms. The van der Waals surface area contributed by atoms with Crippen LogP contribution in [0.5, 0.6) is 0 Å². The van der Waals surface area contributed by atoms with E-state index in [0.717, 1.165) is 10.4 Å². The van der Waals surface area contributed by atoms with Crippen LogP contribution in [0.3, 0.4) is 0 Å². The molecule has 0 saturated carbocycles. The van der Waals surface area contributed by atoms with Crippen LogP contribution in [0.1, 0.15) is 23.5 Å². The minimum Gasteiger partial charge on any atom is -0.365 e. The first-order valence-electron chi connectivity index (χ1n) is 4.71. The molecule has 0 aliphatic heterocycles.